The summed E-state index contributed by atoms with van der Waals surface area (Å²) in [7, 11) is 0. The molecule has 0 saturated heterocycles. The number of fused-ring (bicyclic) bond motifs is 2. The number of thioether (sulfide) groups is 1. The molecule has 1 atom stereocenters. The Balaban J connectivity index is 1.69. The zero-order chi connectivity index (χ0) is 18.3. The Bertz CT molecular complexity index is 1050. The second kappa shape index (κ2) is 6.23. The molecule has 130 valence electrons. The van der Waals surface area contributed by atoms with Gasteiger partial charge in [-0.15, -0.1) is 0 Å². The maximum absolute atomic E-state index is 12.6. The fraction of sp³-hybridized carbons (Fsp3) is 0.150. The molecule has 2 aromatic carbocycles. The zero-order valence-electron chi connectivity index (χ0n) is 14.2. The lowest BCUT2D eigenvalue weighted by Crippen LogP contribution is -2.41. The van der Waals surface area contributed by atoms with Crippen molar-refractivity contribution in [3.63, 3.8) is 0 Å². The predicted octanol–water partition coefficient (Wildman–Crippen LogP) is 3.62. The number of anilines is 1. The number of benzene rings is 2. The molecule has 1 aliphatic heterocycles. The van der Waals surface area contributed by atoms with Gasteiger partial charge in [0.15, 0.2) is 4.87 Å². The van der Waals surface area contributed by atoms with Gasteiger partial charge < -0.3 is 11.1 Å². The Morgan fingerprint density at radius 3 is 2.92 bits per heavy atom. The molecule has 0 spiro atoms. The minimum Gasteiger partial charge on any atom is -0.323 e. The summed E-state index contributed by atoms with van der Waals surface area (Å²) in [5, 5.41) is 12.5. The summed E-state index contributed by atoms with van der Waals surface area (Å²) in [6.45, 7) is 2.06. The van der Waals surface area contributed by atoms with Gasteiger partial charge in [-0.3, -0.25) is 15.2 Å². The number of aryl methyl sites for hydroxylation is 1. The van der Waals surface area contributed by atoms with Crippen molar-refractivity contribution < 1.29 is 4.79 Å². The van der Waals surface area contributed by atoms with E-state index in [2.05, 4.69) is 17.2 Å². The monoisotopic (exact) mass is 362 g/mol. The minimum absolute atomic E-state index is 0.253. The fourth-order valence-electron chi connectivity index (χ4n) is 3.10. The van der Waals surface area contributed by atoms with Crippen LogP contribution >= 0.6 is 11.8 Å². The summed E-state index contributed by atoms with van der Waals surface area (Å²) in [5.41, 5.74) is 10.6. The van der Waals surface area contributed by atoms with Crippen LogP contribution in [0.2, 0.25) is 0 Å². The number of carbonyl (C=O) groups excluding carboxylic acids is 1. The first kappa shape index (κ1) is 16.8. The van der Waals surface area contributed by atoms with Crippen LogP contribution in [-0.4, -0.2) is 15.9 Å². The smallest absolute Gasteiger partial charge is 0.260 e. The van der Waals surface area contributed by atoms with E-state index in [1.54, 1.807) is 6.20 Å². The molecule has 26 heavy (non-hydrogen) atoms. The van der Waals surface area contributed by atoms with Crippen LogP contribution in [-0.2, 0) is 16.1 Å². The van der Waals surface area contributed by atoms with Crippen molar-refractivity contribution in [3.05, 3.63) is 71.4 Å². The number of amides is 1. The molecule has 1 amide bonds. The van der Waals surface area contributed by atoms with E-state index in [9.17, 15) is 4.79 Å². The van der Waals surface area contributed by atoms with E-state index in [-0.39, 0.29) is 11.0 Å². The molecular formula is C20H18N4OS. The zero-order valence-corrected chi connectivity index (χ0v) is 15.1. The van der Waals surface area contributed by atoms with Crippen LogP contribution in [0.4, 0.5) is 5.69 Å². The highest BCUT2D eigenvalue weighted by Gasteiger charge is 2.45. The quantitative estimate of drug-likeness (QED) is 0.377. The first-order valence-electron chi connectivity index (χ1n) is 8.37. The molecule has 0 fully saturated rings. The lowest BCUT2D eigenvalue weighted by Gasteiger charge is -2.22. The number of pyridine rings is 1. The Hall–Kier alpha value is -2.70. The van der Waals surface area contributed by atoms with Crippen molar-refractivity contribution in [1.82, 2.24) is 4.98 Å². The summed E-state index contributed by atoms with van der Waals surface area (Å²) >= 11 is 1.07. The van der Waals surface area contributed by atoms with Crippen molar-refractivity contribution in [2.24, 2.45) is 5.73 Å². The van der Waals surface area contributed by atoms with Gasteiger partial charge >= 0.3 is 0 Å². The SMILES string of the molecule is CCc1ccc2c(c1)C(N)(SC(=N)c1ccc3ncccc3c1)C(=O)N2. The van der Waals surface area contributed by atoms with E-state index in [0.29, 0.717) is 5.56 Å². The summed E-state index contributed by atoms with van der Waals surface area (Å²) in [5.74, 6) is -0.294. The third kappa shape index (κ3) is 2.67. The van der Waals surface area contributed by atoms with Crippen LogP contribution in [0.1, 0.15) is 23.6 Å². The highest BCUT2D eigenvalue weighted by molar-refractivity contribution is 8.15. The van der Waals surface area contributed by atoms with Crippen molar-refractivity contribution in [1.29, 1.82) is 5.41 Å². The molecule has 1 aliphatic rings. The molecule has 1 aromatic heterocycles. The molecule has 4 N–H and O–H groups in total. The second-order valence-corrected chi connectivity index (χ2v) is 7.52. The van der Waals surface area contributed by atoms with Gasteiger partial charge in [-0.1, -0.05) is 43.0 Å². The average Bonchev–Trinajstić information content (AvgIpc) is 2.91. The first-order valence-corrected chi connectivity index (χ1v) is 9.19. The molecule has 1 unspecified atom stereocenters. The molecule has 0 aliphatic carbocycles. The number of hydrogen-bond acceptors (Lipinski definition) is 5. The van der Waals surface area contributed by atoms with E-state index in [4.69, 9.17) is 11.1 Å². The second-order valence-electron chi connectivity index (χ2n) is 6.27. The number of nitrogens with two attached hydrogens (primary N) is 1. The number of hydrogen-bond donors (Lipinski definition) is 3. The van der Waals surface area contributed by atoms with Gasteiger partial charge in [0.1, 0.15) is 0 Å². The molecule has 4 rings (SSSR count). The largest absolute Gasteiger partial charge is 0.323 e. The van der Waals surface area contributed by atoms with Gasteiger partial charge in [0.25, 0.3) is 5.91 Å². The van der Waals surface area contributed by atoms with Crippen LogP contribution < -0.4 is 11.1 Å². The number of carbonyl (C=O) groups is 1. The van der Waals surface area contributed by atoms with Gasteiger partial charge in [0.2, 0.25) is 0 Å². The number of nitrogens with one attached hydrogen (secondary N) is 2. The van der Waals surface area contributed by atoms with Crippen LogP contribution in [0.5, 0.6) is 0 Å². The standard InChI is InChI=1S/C20H18N4OS/c1-2-12-5-7-17-15(10-12)20(22,19(25)24-17)26-18(21)14-6-8-16-13(11-14)4-3-9-23-16/h3-11,21H,2,22H2,1H3,(H,24,25). The lowest BCUT2D eigenvalue weighted by molar-refractivity contribution is -0.117. The molecule has 5 nitrogen and oxygen atoms in total. The first-order chi connectivity index (χ1) is 12.5. The molecular weight excluding hydrogens is 344 g/mol. The Morgan fingerprint density at radius 1 is 1.27 bits per heavy atom. The lowest BCUT2D eigenvalue weighted by atomic mass is 10.0. The Morgan fingerprint density at radius 2 is 2.12 bits per heavy atom. The van der Waals surface area contributed by atoms with Crippen LogP contribution in [0.25, 0.3) is 10.9 Å². The predicted molar refractivity (Wildman–Crippen MR) is 106 cm³/mol. The van der Waals surface area contributed by atoms with Crippen molar-refractivity contribution in [2.75, 3.05) is 5.32 Å². The van der Waals surface area contributed by atoms with Crippen LogP contribution in [0.3, 0.4) is 0 Å². The number of nitrogens with zero attached hydrogens (tertiary/aromatic N) is 1. The topological polar surface area (TPSA) is 91.9 Å². The Labute approximate surface area is 155 Å². The van der Waals surface area contributed by atoms with Crippen LogP contribution in [0, 0.1) is 5.41 Å². The van der Waals surface area contributed by atoms with E-state index in [1.807, 2.05) is 48.5 Å². The third-order valence-electron chi connectivity index (χ3n) is 4.61. The van der Waals surface area contributed by atoms with Crippen LogP contribution in [0.15, 0.2) is 54.7 Å². The molecule has 0 bridgehead atoms. The number of rotatable bonds is 3. The molecule has 0 saturated carbocycles. The van der Waals surface area contributed by atoms with E-state index < -0.39 is 4.87 Å². The van der Waals surface area contributed by atoms with Crippen molar-refractivity contribution >= 4 is 39.3 Å². The summed E-state index contributed by atoms with van der Waals surface area (Å²) in [6.07, 6.45) is 2.60. The van der Waals surface area contributed by atoms with Gasteiger partial charge in [-0.05, 0) is 36.2 Å². The maximum Gasteiger partial charge on any atom is 0.260 e. The molecule has 0 radical (unpaired) electrons. The van der Waals surface area contributed by atoms with E-state index >= 15 is 0 Å². The Kier molecular flexibility index (Phi) is 4.01. The van der Waals surface area contributed by atoms with E-state index in [0.717, 1.165) is 45.9 Å². The molecule has 3 aromatic rings. The van der Waals surface area contributed by atoms with Gasteiger partial charge in [-0.2, -0.15) is 0 Å². The average molecular weight is 362 g/mol. The minimum atomic E-state index is -1.30. The summed E-state index contributed by atoms with van der Waals surface area (Å²) in [6, 6.07) is 15.2. The molecule has 2 heterocycles. The molecule has 6 heteroatoms. The summed E-state index contributed by atoms with van der Waals surface area (Å²) < 4.78 is 0. The van der Waals surface area contributed by atoms with Gasteiger partial charge in [0, 0.05) is 28.4 Å². The highest BCUT2D eigenvalue weighted by atomic mass is 32.2. The van der Waals surface area contributed by atoms with Gasteiger partial charge in [0.05, 0.1) is 10.6 Å². The third-order valence-corrected chi connectivity index (χ3v) is 5.77. The van der Waals surface area contributed by atoms with E-state index in [1.165, 1.54) is 0 Å². The normalized spacial score (nSPS) is 18.6. The number of aromatic nitrogens is 1. The van der Waals surface area contributed by atoms with Gasteiger partial charge in [-0.25, -0.2) is 0 Å². The summed E-state index contributed by atoms with van der Waals surface area (Å²) in [4.78, 5) is 15.6. The van der Waals surface area contributed by atoms with Crippen molar-refractivity contribution in [2.45, 2.75) is 18.2 Å². The highest BCUT2D eigenvalue weighted by Crippen LogP contribution is 2.43. The maximum atomic E-state index is 12.6. The van der Waals surface area contributed by atoms with Crippen molar-refractivity contribution in [3.8, 4) is 0 Å². The fourth-order valence-corrected chi connectivity index (χ4v) is 4.09.